The molecule has 0 bridgehead atoms. The average molecular weight is 512 g/mol. The SMILES string of the molecule is CS(=O)(=O)c1nc(OC2CCCCC2)c(-c2ccc(Cl)cc2)c(-c2ccc(Cl)cc2Cl)n1. The summed E-state index contributed by atoms with van der Waals surface area (Å²) >= 11 is 18.7. The van der Waals surface area contributed by atoms with Gasteiger partial charge in [0.15, 0.2) is 0 Å². The fourth-order valence-corrected chi connectivity index (χ4v) is 4.90. The number of halogens is 3. The number of nitrogens with zero attached hydrogens (tertiary/aromatic N) is 2. The highest BCUT2D eigenvalue weighted by molar-refractivity contribution is 7.90. The van der Waals surface area contributed by atoms with Crippen LogP contribution in [0.25, 0.3) is 22.4 Å². The summed E-state index contributed by atoms with van der Waals surface area (Å²) in [6.07, 6.45) is 6.06. The lowest BCUT2D eigenvalue weighted by Gasteiger charge is -2.25. The maximum Gasteiger partial charge on any atom is 0.250 e. The van der Waals surface area contributed by atoms with Gasteiger partial charge in [-0.3, -0.25) is 0 Å². The molecule has 2 aromatic carbocycles. The highest BCUT2D eigenvalue weighted by atomic mass is 35.5. The quantitative estimate of drug-likeness (QED) is 0.349. The monoisotopic (exact) mass is 510 g/mol. The first-order chi connectivity index (χ1) is 15.2. The Morgan fingerprint density at radius 3 is 2.19 bits per heavy atom. The third-order valence-corrected chi connectivity index (χ3v) is 6.98. The zero-order valence-corrected chi connectivity index (χ0v) is 20.4. The van der Waals surface area contributed by atoms with Crippen molar-refractivity contribution in [2.45, 2.75) is 43.4 Å². The first-order valence-electron chi connectivity index (χ1n) is 10.2. The molecule has 0 radical (unpaired) electrons. The maximum absolute atomic E-state index is 12.4. The summed E-state index contributed by atoms with van der Waals surface area (Å²) in [5.41, 5.74) is 2.18. The molecule has 1 saturated carbocycles. The van der Waals surface area contributed by atoms with Crippen molar-refractivity contribution in [2.75, 3.05) is 6.26 Å². The first-order valence-corrected chi connectivity index (χ1v) is 13.2. The van der Waals surface area contributed by atoms with Gasteiger partial charge in [0.25, 0.3) is 5.16 Å². The summed E-state index contributed by atoms with van der Waals surface area (Å²) in [6.45, 7) is 0. The Bertz CT molecular complexity index is 1240. The molecule has 0 spiro atoms. The van der Waals surface area contributed by atoms with Crippen molar-refractivity contribution in [1.82, 2.24) is 9.97 Å². The van der Waals surface area contributed by atoms with Gasteiger partial charge in [-0.2, -0.15) is 4.98 Å². The van der Waals surface area contributed by atoms with Gasteiger partial charge >= 0.3 is 0 Å². The van der Waals surface area contributed by atoms with Gasteiger partial charge in [0, 0.05) is 21.9 Å². The summed E-state index contributed by atoms with van der Waals surface area (Å²) in [5, 5.41) is 1.06. The summed E-state index contributed by atoms with van der Waals surface area (Å²) < 4.78 is 31.2. The van der Waals surface area contributed by atoms with Crippen molar-refractivity contribution >= 4 is 44.6 Å². The second kappa shape index (κ2) is 9.56. The van der Waals surface area contributed by atoms with E-state index in [0.29, 0.717) is 31.9 Å². The van der Waals surface area contributed by atoms with Crippen molar-refractivity contribution in [2.24, 2.45) is 0 Å². The maximum atomic E-state index is 12.4. The lowest BCUT2D eigenvalue weighted by atomic mass is 9.97. The number of sulfone groups is 1. The molecule has 0 unspecified atom stereocenters. The lowest BCUT2D eigenvalue weighted by molar-refractivity contribution is 0.148. The van der Waals surface area contributed by atoms with Crippen molar-refractivity contribution in [3.63, 3.8) is 0 Å². The van der Waals surface area contributed by atoms with E-state index < -0.39 is 9.84 Å². The summed E-state index contributed by atoms with van der Waals surface area (Å²) in [4.78, 5) is 8.76. The van der Waals surface area contributed by atoms with Gasteiger partial charge in [-0.15, -0.1) is 0 Å². The minimum Gasteiger partial charge on any atom is -0.474 e. The molecule has 0 aliphatic heterocycles. The summed E-state index contributed by atoms with van der Waals surface area (Å²) in [6, 6.07) is 12.1. The van der Waals surface area contributed by atoms with Crippen LogP contribution in [0.1, 0.15) is 32.1 Å². The van der Waals surface area contributed by atoms with E-state index in [9.17, 15) is 8.42 Å². The fraction of sp³-hybridized carbons (Fsp3) is 0.304. The van der Waals surface area contributed by atoms with Gasteiger partial charge in [0.2, 0.25) is 15.7 Å². The van der Waals surface area contributed by atoms with Crippen LogP contribution in [0.4, 0.5) is 0 Å². The van der Waals surface area contributed by atoms with Gasteiger partial charge in [0.05, 0.1) is 16.3 Å². The van der Waals surface area contributed by atoms with E-state index >= 15 is 0 Å². The van der Waals surface area contributed by atoms with Crippen LogP contribution in [-0.2, 0) is 9.84 Å². The Balaban J connectivity index is 2.00. The van der Waals surface area contributed by atoms with Gasteiger partial charge in [-0.25, -0.2) is 13.4 Å². The molecule has 1 heterocycles. The van der Waals surface area contributed by atoms with E-state index in [1.54, 1.807) is 30.3 Å². The second-order valence-electron chi connectivity index (χ2n) is 7.82. The largest absolute Gasteiger partial charge is 0.474 e. The van der Waals surface area contributed by atoms with Crippen LogP contribution < -0.4 is 4.74 Å². The molecule has 1 aliphatic carbocycles. The van der Waals surface area contributed by atoms with Crippen molar-refractivity contribution in [3.05, 3.63) is 57.5 Å². The van der Waals surface area contributed by atoms with Crippen LogP contribution in [-0.4, -0.2) is 30.7 Å². The lowest BCUT2D eigenvalue weighted by Crippen LogP contribution is -2.21. The van der Waals surface area contributed by atoms with Gasteiger partial charge in [-0.1, -0.05) is 53.4 Å². The van der Waals surface area contributed by atoms with Crippen LogP contribution >= 0.6 is 34.8 Å². The molecular formula is C23H21Cl3N2O3S. The Morgan fingerprint density at radius 2 is 1.56 bits per heavy atom. The number of aromatic nitrogens is 2. The van der Waals surface area contributed by atoms with E-state index in [0.717, 1.165) is 43.9 Å². The molecule has 5 nitrogen and oxygen atoms in total. The second-order valence-corrected chi connectivity index (χ2v) is 11.0. The van der Waals surface area contributed by atoms with Crippen LogP contribution in [0.3, 0.4) is 0 Å². The molecule has 32 heavy (non-hydrogen) atoms. The first kappa shape index (κ1) is 23.3. The molecule has 0 N–H and O–H groups in total. The van der Waals surface area contributed by atoms with Gasteiger partial charge < -0.3 is 4.74 Å². The van der Waals surface area contributed by atoms with Crippen molar-refractivity contribution in [1.29, 1.82) is 0 Å². The summed E-state index contributed by atoms with van der Waals surface area (Å²) in [5.74, 6) is 0.218. The van der Waals surface area contributed by atoms with Crippen LogP contribution in [0.5, 0.6) is 5.88 Å². The molecular weight excluding hydrogens is 491 g/mol. The smallest absolute Gasteiger partial charge is 0.250 e. The zero-order valence-electron chi connectivity index (χ0n) is 17.3. The highest BCUT2D eigenvalue weighted by Gasteiger charge is 2.26. The van der Waals surface area contributed by atoms with Gasteiger partial charge in [-0.05, 0) is 61.6 Å². The number of rotatable bonds is 5. The number of ether oxygens (including phenoxy) is 1. The molecule has 4 rings (SSSR count). The topological polar surface area (TPSA) is 69.2 Å². The molecule has 1 aromatic heterocycles. The number of hydrogen-bond acceptors (Lipinski definition) is 5. The Labute approximate surface area is 202 Å². The Hall–Kier alpha value is -1.86. The van der Waals surface area contributed by atoms with Crippen LogP contribution in [0.2, 0.25) is 15.1 Å². The van der Waals surface area contributed by atoms with E-state index in [2.05, 4.69) is 9.97 Å². The van der Waals surface area contributed by atoms with Crippen LogP contribution in [0, 0.1) is 0 Å². The van der Waals surface area contributed by atoms with E-state index in [-0.39, 0.29) is 17.1 Å². The third kappa shape index (κ3) is 5.20. The van der Waals surface area contributed by atoms with Crippen LogP contribution in [0.15, 0.2) is 47.6 Å². The van der Waals surface area contributed by atoms with Crippen molar-refractivity contribution in [3.8, 4) is 28.3 Å². The number of benzene rings is 2. The average Bonchev–Trinajstić information content (AvgIpc) is 2.74. The molecule has 0 amide bonds. The Morgan fingerprint density at radius 1 is 0.906 bits per heavy atom. The molecule has 1 fully saturated rings. The van der Waals surface area contributed by atoms with E-state index in [1.807, 2.05) is 12.1 Å². The molecule has 0 saturated heterocycles. The number of hydrogen-bond donors (Lipinski definition) is 0. The molecule has 0 atom stereocenters. The van der Waals surface area contributed by atoms with Gasteiger partial charge in [0.1, 0.15) is 6.10 Å². The molecule has 3 aromatic rings. The third-order valence-electron chi connectivity index (χ3n) is 5.34. The predicted octanol–water partition coefficient (Wildman–Crippen LogP) is 6.89. The predicted molar refractivity (Wildman–Crippen MR) is 129 cm³/mol. The fourth-order valence-electron chi connectivity index (χ4n) is 3.77. The van der Waals surface area contributed by atoms with E-state index in [1.165, 1.54) is 0 Å². The minimum atomic E-state index is -3.72. The normalized spacial score (nSPS) is 15.0. The minimum absolute atomic E-state index is 0.0503. The summed E-state index contributed by atoms with van der Waals surface area (Å²) in [7, 11) is -3.72. The molecule has 1 aliphatic rings. The molecule has 9 heteroatoms. The molecule has 168 valence electrons. The van der Waals surface area contributed by atoms with E-state index in [4.69, 9.17) is 39.5 Å². The highest BCUT2D eigenvalue weighted by Crippen LogP contribution is 2.42. The van der Waals surface area contributed by atoms with Crippen molar-refractivity contribution < 1.29 is 13.2 Å². The standard InChI is InChI=1S/C23H21Cl3N2O3S/c1-32(29,30)23-27-21(18-12-11-16(25)13-19(18)26)20(14-7-9-15(24)10-8-14)22(28-23)31-17-5-3-2-4-6-17/h7-13,17H,2-6H2,1H3. The Kier molecular flexibility index (Phi) is 6.96. The zero-order chi connectivity index (χ0) is 22.9.